The lowest BCUT2D eigenvalue weighted by atomic mass is 9.98. The molecule has 0 saturated heterocycles. The van der Waals surface area contributed by atoms with Crippen molar-refractivity contribution in [1.82, 2.24) is 39.0 Å². The molecule has 0 aliphatic heterocycles. The minimum Gasteiger partial charge on any atom is -0.455 e. The summed E-state index contributed by atoms with van der Waals surface area (Å²) in [5, 5.41) is 16.9. The number of benzene rings is 18. The molecule has 0 fully saturated rings. The fourth-order valence-corrected chi connectivity index (χ4v) is 18.9. The zero-order valence-electron chi connectivity index (χ0n) is 65.0. The Morgan fingerprint density at radius 3 is 1.02 bits per heavy atom. The van der Waals surface area contributed by atoms with Crippen LogP contribution < -0.4 is 0 Å². The summed E-state index contributed by atoms with van der Waals surface area (Å²) in [6, 6.07) is 132. The van der Waals surface area contributed by atoms with Crippen LogP contribution in [0.2, 0.25) is 0 Å². The normalized spacial score (nSPS) is 12.1. The largest absolute Gasteiger partial charge is 0.455 e. The van der Waals surface area contributed by atoms with Gasteiger partial charge >= 0.3 is 0 Å². The number of para-hydroxylation sites is 7. The highest BCUT2D eigenvalue weighted by molar-refractivity contribution is 6.20. The lowest BCUT2D eigenvalue weighted by Crippen LogP contribution is -2.04. The minimum absolute atomic E-state index is 0.439. The first kappa shape index (κ1) is 67.5. The summed E-state index contributed by atoms with van der Waals surface area (Å²) < 4.78 is 32.7. The summed E-state index contributed by atoms with van der Waals surface area (Å²) in [6.45, 7) is 0. The molecule has 26 rings (SSSR count). The van der Waals surface area contributed by atoms with Crippen molar-refractivity contribution in [3.63, 3.8) is 0 Å². The molecule has 0 atom stereocenters. The Morgan fingerprint density at radius 2 is 0.508 bits per heavy atom. The molecule has 122 heavy (non-hydrogen) atoms. The first-order valence-corrected chi connectivity index (χ1v) is 40.9. The molecule has 8 aromatic heterocycles. The van der Waals surface area contributed by atoms with Crippen molar-refractivity contribution in [2.24, 2.45) is 0 Å². The first-order valence-electron chi connectivity index (χ1n) is 40.9. The summed E-state index contributed by atoms with van der Waals surface area (Å²) >= 11 is 0. The molecule has 0 bridgehead atoms. The molecule has 12 heteroatoms. The highest BCUT2D eigenvalue weighted by atomic mass is 16.3. The van der Waals surface area contributed by atoms with Crippen molar-refractivity contribution in [3.8, 4) is 113 Å². The van der Waals surface area contributed by atoms with Crippen LogP contribution in [0.1, 0.15) is 0 Å². The van der Waals surface area contributed by atoms with Crippen molar-refractivity contribution in [1.29, 1.82) is 0 Å². The van der Waals surface area contributed by atoms with Gasteiger partial charge in [0, 0.05) is 75.8 Å². The minimum atomic E-state index is 0.439. The lowest BCUT2D eigenvalue weighted by molar-refractivity contribution is 0.668. The lowest BCUT2D eigenvalue weighted by Gasteiger charge is -2.15. The number of rotatable bonds is 11. The predicted molar refractivity (Wildman–Crippen MR) is 495 cm³/mol. The molecule has 0 aliphatic carbocycles. The third kappa shape index (κ3) is 10.5. The Bertz CT molecular complexity index is 8910. The number of fused-ring (bicyclic) bond motifs is 20. The van der Waals surface area contributed by atoms with E-state index in [9.17, 15) is 0 Å². The van der Waals surface area contributed by atoms with E-state index in [2.05, 4.69) is 319 Å². The molecule has 566 valence electrons. The maximum Gasteiger partial charge on any atom is 0.170 e. The van der Waals surface area contributed by atoms with Gasteiger partial charge in [-0.3, -0.25) is 0 Å². The summed E-state index contributed by atoms with van der Waals surface area (Å²) in [4.78, 5) is 33.3. The van der Waals surface area contributed by atoms with E-state index < -0.39 is 0 Å². The van der Waals surface area contributed by atoms with E-state index in [-0.39, 0.29) is 0 Å². The van der Waals surface area contributed by atoms with Gasteiger partial charge in [-0.15, -0.1) is 0 Å². The predicted octanol–water partition coefficient (Wildman–Crippen LogP) is 29.2. The van der Waals surface area contributed by atoms with E-state index in [1.807, 2.05) is 66.7 Å². The summed E-state index contributed by atoms with van der Waals surface area (Å²) in [7, 11) is 0. The van der Waals surface area contributed by atoms with Crippen LogP contribution in [0.5, 0.6) is 0 Å². The second-order valence-corrected chi connectivity index (χ2v) is 31.5. The smallest absolute Gasteiger partial charge is 0.170 e. The third-order valence-corrected chi connectivity index (χ3v) is 24.6. The molecule has 8 heterocycles. The second-order valence-electron chi connectivity index (χ2n) is 31.5. The van der Waals surface area contributed by atoms with Crippen LogP contribution in [0.3, 0.4) is 0 Å². The van der Waals surface area contributed by atoms with Crippen LogP contribution >= 0.6 is 0 Å². The highest BCUT2D eigenvalue weighted by Crippen LogP contribution is 2.49. The summed E-state index contributed by atoms with van der Waals surface area (Å²) in [5.74, 6) is 2.80. The van der Waals surface area contributed by atoms with E-state index in [1.165, 1.54) is 5.39 Å². The van der Waals surface area contributed by atoms with E-state index >= 15 is 0 Å². The van der Waals surface area contributed by atoms with Gasteiger partial charge in [-0.25, -0.2) is 29.9 Å². The van der Waals surface area contributed by atoms with Gasteiger partial charge in [0.15, 0.2) is 34.9 Å². The Hall–Kier alpha value is -16.7. The van der Waals surface area contributed by atoms with Gasteiger partial charge in [0.2, 0.25) is 0 Å². The van der Waals surface area contributed by atoms with Gasteiger partial charge in [0.25, 0.3) is 0 Å². The van der Waals surface area contributed by atoms with Crippen LogP contribution in [0, 0.1) is 0 Å². The summed E-state index contributed by atoms with van der Waals surface area (Å²) in [5.41, 5.74) is 22.4. The van der Waals surface area contributed by atoms with E-state index in [1.54, 1.807) is 0 Å². The maximum atomic E-state index is 7.38. The van der Waals surface area contributed by atoms with Crippen molar-refractivity contribution in [2.45, 2.75) is 0 Å². The average molecular weight is 1560 g/mol. The van der Waals surface area contributed by atoms with E-state index in [4.69, 9.17) is 47.6 Å². The molecule has 0 N–H and O–H groups in total. The van der Waals surface area contributed by atoms with Gasteiger partial charge in [0.1, 0.15) is 44.7 Å². The molecule has 26 aromatic rings. The van der Waals surface area contributed by atoms with Crippen molar-refractivity contribution >= 4 is 153 Å². The molecule has 0 amide bonds. The van der Waals surface area contributed by atoms with E-state index in [0.717, 1.165) is 198 Å². The molecule has 18 aromatic carbocycles. The standard InChI is InChI=1S/C110H62N8O4/c1-2-21-63(22-3-1)68-27-18-28-74(57-68)106-112-108(85-37-20-35-81-78-32-11-16-41-96(78)120-102(81)85)116-110(114-106)100-92(118-90-39-14-9-30-76(90)87-59-70-24-5-7-26-72(70)62-94(87)118)55-53-83-88-60-73(51-56-98(88)122-104(83)100)66-45-43-64(44-46-66)65-47-49-67(50-48-65)105-111-107(84-36-19-34-80-77-31-10-15-40-95(77)119-101(80)84)115-109(113-105)99-91(54-52-82-79-33-12-17-42-97(79)121-103(82)99)117-89-38-13-8-29-75(89)86-58-69-23-4-6-25-71(69)61-93(86)117/h1-62H. The summed E-state index contributed by atoms with van der Waals surface area (Å²) in [6.07, 6.45) is 0. The van der Waals surface area contributed by atoms with Crippen molar-refractivity contribution in [3.05, 3.63) is 376 Å². The molecule has 0 aliphatic rings. The molecular formula is C110H62N8O4. The molecule has 12 nitrogen and oxygen atoms in total. The monoisotopic (exact) mass is 1560 g/mol. The van der Waals surface area contributed by atoms with Gasteiger partial charge in [-0.2, -0.15) is 0 Å². The zero-order chi connectivity index (χ0) is 79.8. The van der Waals surface area contributed by atoms with Crippen LogP contribution in [0.15, 0.2) is 394 Å². The molecule has 0 unspecified atom stereocenters. The fraction of sp³-hybridized carbons (Fsp3) is 0. The second kappa shape index (κ2) is 26.4. The van der Waals surface area contributed by atoms with Crippen molar-refractivity contribution < 1.29 is 17.7 Å². The third-order valence-electron chi connectivity index (χ3n) is 24.6. The Balaban J connectivity index is 0.617. The number of nitrogens with zero attached hydrogens (tertiary/aromatic N) is 8. The first-order chi connectivity index (χ1) is 60.4. The molecule has 0 radical (unpaired) electrons. The van der Waals surface area contributed by atoms with Gasteiger partial charge in [0.05, 0.1) is 55.7 Å². The Kier molecular flexibility index (Phi) is 14.6. The number of hydrogen-bond donors (Lipinski definition) is 0. The van der Waals surface area contributed by atoms with Crippen LogP contribution in [0.25, 0.3) is 266 Å². The number of aromatic nitrogens is 8. The van der Waals surface area contributed by atoms with Crippen LogP contribution in [-0.2, 0) is 0 Å². The molecule has 0 saturated carbocycles. The van der Waals surface area contributed by atoms with E-state index in [0.29, 0.717) is 62.8 Å². The number of hydrogen-bond acceptors (Lipinski definition) is 10. The van der Waals surface area contributed by atoms with Crippen molar-refractivity contribution in [2.75, 3.05) is 0 Å². The Labute approximate surface area is 694 Å². The quantitative estimate of drug-likeness (QED) is 0.123. The SMILES string of the molecule is c1ccc(-c2cccc(-c3nc(-c4cccc5c4oc4ccccc45)nc(-c4c(-n5c6ccccc6c6cc7ccccc7cc65)ccc5c4oc4ccc(-c6ccc(-c7ccc(-c8nc(-c9cccc%10c9oc9ccccc9%10)nc(-c9c(-n%10c%11ccccc%11c%11cc%12ccccc%12cc%11%10)ccc%10c9oc9ccccc9%10)n8)cc7)cc6)cc45)n3)c2)cc1. The van der Waals surface area contributed by atoms with Gasteiger partial charge < -0.3 is 26.8 Å². The zero-order valence-corrected chi connectivity index (χ0v) is 65.0. The average Bonchev–Trinajstić information content (AvgIpc) is 1.55. The molecule has 0 spiro atoms. The van der Waals surface area contributed by atoms with Gasteiger partial charge in [-0.1, -0.05) is 267 Å². The topological polar surface area (TPSA) is 140 Å². The van der Waals surface area contributed by atoms with Gasteiger partial charge in [-0.05, 0) is 164 Å². The number of furan rings is 4. The van der Waals surface area contributed by atoms with Crippen LogP contribution in [-0.4, -0.2) is 39.0 Å². The fourth-order valence-electron chi connectivity index (χ4n) is 18.9. The Morgan fingerprint density at radius 1 is 0.172 bits per heavy atom. The maximum absolute atomic E-state index is 7.38. The molecular weight excluding hydrogens is 1500 g/mol. The highest BCUT2D eigenvalue weighted by Gasteiger charge is 2.30. The van der Waals surface area contributed by atoms with Crippen LogP contribution in [0.4, 0.5) is 0 Å².